The van der Waals surface area contributed by atoms with Crippen LogP contribution < -0.4 is 10.1 Å². The molecule has 1 fully saturated rings. The van der Waals surface area contributed by atoms with Crippen molar-refractivity contribution >= 4 is 11.7 Å². The van der Waals surface area contributed by atoms with Gasteiger partial charge in [-0.1, -0.05) is 19.1 Å². The third kappa shape index (κ3) is 2.81. The Labute approximate surface area is 113 Å². The van der Waals surface area contributed by atoms with Gasteiger partial charge in [0.2, 0.25) is 0 Å². The van der Waals surface area contributed by atoms with Gasteiger partial charge in [0, 0.05) is 6.54 Å². The summed E-state index contributed by atoms with van der Waals surface area (Å²) >= 11 is 0. The molecule has 2 atom stereocenters. The van der Waals surface area contributed by atoms with Crippen LogP contribution in [-0.2, 0) is 0 Å². The van der Waals surface area contributed by atoms with Crippen LogP contribution in [0.15, 0.2) is 24.3 Å². The highest BCUT2D eigenvalue weighted by atomic mass is 16.5. The van der Waals surface area contributed by atoms with E-state index in [0.717, 1.165) is 6.42 Å². The van der Waals surface area contributed by atoms with Crippen LogP contribution in [0.4, 0.5) is 10.5 Å². The number of likely N-dealkylation sites (tertiary alicyclic amines) is 1. The Bertz CT molecular complexity index is 450. The zero-order valence-corrected chi connectivity index (χ0v) is 11.3. The van der Waals surface area contributed by atoms with E-state index in [1.54, 1.807) is 24.1 Å². The summed E-state index contributed by atoms with van der Waals surface area (Å²) in [6, 6.07) is 7.00. The molecule has 1 heterocycles. The van der Waals surface area contributed by atoms with Crippen molar-refractivity contribution in [2.24, 2.45) is 5.92 Å². The summed E-state index contributed by atoms with van der Waals surface area (Å²) in [4.78, 5) is 13.9. The molecule has 0 aliphatic carbocycles. The third-order valence-corrected chi connectivity index (χ3v) is 3.68. The van der Waals surface area contributed by atoms with Gasteiger partial charge in [-0.3, -0.25) is 0 Å². The number of anilines is 1. The molecule has 0 aromatic heterocycles. The number of carbonyl (C=O) groups excluding carboxylic acids is 1. The highest BCUT2D eigenvalue weighted by Crippen LogP contribution is 2.27. The molecule has 104 valence electrons. The molecule has 1 aliphatic heterocycles. The minimum absolute atomic E-state index is 0.000507. The molecule has 5 heteroatoms. The molecule has 1 aromatic carbocycles. The van der Waals surface area contributed by atoms with Gasteiger partial charge in [-0.2, -0.15) is 0 Å². The van der Waals surface area contributed by atoms with E-state index in [1.807, 2.05) is 12.1 Å². The predicted molar refractivity (Wildman–Crippen MR) is 73.4 cm³/mol. The summed E-state index contributed by atoms with van der Waals surface area (Å²) in [5.74, 6) is 0.956. The number of hydrogen-bond donors (Lipinski definition) is 2. The molecule has 19 heavy (non-hydrogen) atoms. The Balaban J connectivity index is 2.09. The van der Waals surface area contributed by atoms with Gasteiger partial charge in [-0.25, -0.2) is 4.79 Å². The quantitative estimate of drug-likeness (QED) is 0.877. The van der Waals surface area contributed by atoms with Gasteiger partial charge >= 0.3 is 6.03 Å². The van der Waals surface area contributed by atoms with Gasteiger partial charge in [0.1, 0.15) is 5.75 Å². The monoisotopic (exact) mass is 264 g/mol. The Morgan fingerprint density at radius 2 is 2.26 bits per heavy atom. The van der Waals surface area contributed by atoms with Crippen LogP contribution >= 0.6 is 0 Å². The van der Waals surface area contributed by atoms with Crippen molar-refractivity contribution in [3.8, 4) is 5.75 Å². The summed E-state index contributed by atoms with van der Waals surface area (Å²) in [6.07, 6.45) is 0.921. The van der Waals surface area contributed by atoms with Crippen LogP contribution in [0.3, 0.4) is 0 Å². The molecule has 2 amide bonds. The number of rotatable bonds is 3. The largest absolute Gasteiger partial charge is 0.495 e. The first-order valence-corrected chi connectivity index (χ1v) is 6.49. The number of para-hydroxylation sites is 2. The van der Waals surface area contributed by atoms with Crippen LogP contribution in [0.1, 0.15) is 13.3 Å². The second kappa shape index (κ2) is 5.93. The molecule has 5 nitrogen and oxygen atoms in total. The lowest BCUT2D eigenvalue weighted by Gasteiger charge is -2.25. The van der Waals surface area contributed by atoms with E-state index in [0.29, 0.717) is 23.9 Å². The van der Waals surface area contributed by atoms with Crippen molar-refractivity contribution < 1.29 is 14.6 Å². The van der Waals surface area contributed by atoms with E-state index in [2.05, 4.69) is 12.2 Å². The minimum Gasteiger partial charge on any atom is -0.495 e. The van der Waals surface area contributed by atoms with E-state index in [-0.39, 0.29) is 18.7 Å². The second-order valence-corrected chi connectivity index (χ2v) is 4.84. The fourth-order valence-corrected chi connectivity index (χ4v) is 2.47. The number of aliphatic hydroxyl groups is 1. The van der Waals surface area contributed by atoms with Gasteiger partial charge in [-0.05, 0) is 24.5 Å². The summed E-state index contributed by atoms with van der Waals surface area (Å²) in [6.45, 7) is 2.73. The SMILES string of the molecule is COc1ccccc1NC(=O)N1CCC(C)C1CO. The molecule has 1 aromatic rings. The van der Waals surface area contributed by atoms with Gasteiger partial charge in [0.05, 0.1) is 25.4 Å². The number of ether oxygens (including phenoxy) is 1. The van der Waals surface area contributed by atoms with E-state index < -0.39 is 0 Å². The number of hydrogen-bond acceptors (Lipinski definition) is 3. The van der Waals surface area contributed by atoms with Crippen molar-refractivity contribution in [3.63, 3.8) is 0 Å². The number of aliphatic hydroxyl groups excluding tert-OH is 1. The molecule has 1 aliphatic rings. The summed E-state index contributed by atoms with van der Waals surface area (Å²) in [5.41, 5.74) is 0.645. The fraction of sp³-hybridized carbons (Fsp3) is 0.500. The number of nitrogens with zero attached hydrogens (tertiary/aromatic N) is 1. The third-order valence-electron chi connectivity index (χ3n) is 3.68. The maximum absolute atomic E-state index is 12.2. The number of methoxy groups -OCH3 is 1. The zero-order chi connectivity index (χ0) is 13.8. The first-order chi connectivity index (χ1) is 9.17. The average molecular weight is 264 g/mol. The lowest BCUT2D eigenvalue weighted by molar-refractivity contribution is 0.152. The molecule has 2 rings (SSSR count). The summed E-state index contributed by atoms with van der Waals surface area (Å²) in [7, 11) is 1.57. The highest BCUT2D eigenvalue weighted by Gasteiger charge is 2.34. The Morgan fingerprint density at radius 3 is 2.95 bits per heavy atom. The lowest BCUT2D eigenvalue weighted by Crippen LogP contribution is -2.42. The molecular formula is C14H20N2O3. The second-order valence-electron chi connectivity index (χ2n) is 4.84. The van der Waals surface area contributed by atoms with Crippen LogP contribution in [-0.4, -0.2) is 42.3 Å². The Hall–Kier alpha value is -1.75. The molecule has 2 unspecified atom stereocenters. The molecule has 0 radical (unpaired) electrons. The van der Waals surface area contributed by atoms with E-state index in [4.69, 9.17) is 4.74 Å². The smallest absolute Gasteiger partial charge is 0.322 e. The number of nitrogens with one attached hydrogen (secondary N) is 1. The first-order valence-electron chi connectivity index (χ1n) is 6.49. The van der Waals surface area contributed by atoms with Crippen molar-refractivity contribution in [1.29, 1.82) is 0 Å². The van der Waals surface area contributed by atoms with Crippen LogP contribution in [0, 0.1) is 5.92 Å². The predicted octanol–water partition coefficient (Wildman–Crippen LogP) is 1.93. The van der Waals surface area contributed by atoms with Crippen molar-refractivity contribution in [2.75, 3.05) is 25.6 Å². The van der Waals surface area contributed by atoms with E-state index in [1.165, 1.54) is 0 Å². The van der Waals surface area contributed by atoms with Gasteiger partial charge in [0.25, 0.3) is 0 Å². The fourth-order valence-electron chi connectivity index (χ4n) is 2.47. The normalized spacial score (nSPS) is 22.4. The van der Waals surface area contributed by atoms with Gasteiger partial charge < -0.3 is 20.1 Å². The topological polar surface area (TPSA) is 61.8 Å². The minimum atomic E-state index is -0.187. The first kappa shape index (κ1) is 13.7. The molecule has 2 N–H and O–H groups in total. The average Bonchev–Trinajstić information content (AvgIpc) is 2.80. The summed E-state index contributed by atoms with van der Waals surface area (Å²) in [5, 5.41) is 12.2. The maximum Gasteiger partial charge on any atom is 0.322 e. The molecule has 1 saturated heterocycles. The van der Waals surface area contributed by atoms with Crippen LogP contribution in [0.5, 0.6) is 5.75 Å². The number of benzene rings is 1. The van der Waals surface area contributed by atoms with Crippen LogP contribution in [0.2, 0.25) is 0 Å². The van der Waals surface area contributed by atoms with E-state index in [9.17, 15) is 9.90 Å². The number of amides is 2. The number of urea groups is 1. The van der Waals surface area contributed by atoms with Crippen molar-refractivity contribution in [2.45, 2.75) is 19.4 Å². The molecule has 0 spiro atoms. The maximum atomic E-state index is 12.2. The van der Waals surface area contributed by atoms with Gasteiger partial charge in [-0.15, -0.1) is 0 Å². The summed E-state index contributed by atoms with van der Waals surface area (Å²) < 4.78 is 5.20. The Morgan fingerprint density at radius 1 is 1.53 bits per heavy atom. The lowest BCUT2D eigenvalue weighted by atomic mass is 10.0. The van der Waals surface area contributed by atoms with E-state index >= 15 is 0 Å². The Kier molecular flexibility index (Phi) is 4.27. The highest BCUT2D eigenvalue weighted by molar-refractivity contribution is 5.91. The molecular weight excluding hydrogens is 244 g/mol. The number of carbonyl (C=O) groups is 1. The molecule has 0 saturated carbocycles. The van der Waals surface area contributed by atoms with Crippen LogP contribution in [0.25, 0.3) is 0 Å². The zero-order valence-electron chi connectivity index (χ0n) is 11.3. The van der Waals surface area contributed by atoms with Gasteiger partial charge in [0.15, 0.2) is 0 Å². The van der Waals surface area contributed by atoms with Crippen molar-refractivity contribution in [1.82, 2.24) is 4.90 Å². The van der Waals surface area contributed by atoms with Crippen molar-refractivity contribution in [3.05, 3.63) is 24.3 Å². The standard InChI is InChI=1S/C14H20N2O3/c1-10-7-8-16(12(10)9-17)14(18)15-11-5-3-4-6-13(11)19-2/h3-6,10,12,17H,7-9H2,1-2H3,(H,15,18). The molecule has 0 bridgehead atoms.